The number of ether oxygens (including phenoxy) is 3. The monoisotopic (exact) mass is 190 g/mol. The van der Waals surface area contributed by atoms with Crippen molar-refractivity contribution in [3.05, 3.63) is 0 Å². The Balaban J connectivity index is 3.63. The van der Waals surface area contributed by atoms with E-state index in [1.165, 1.54) is 7.11 Å². The molecule has 0 bridgehead atoms. The average Bonchev–Trinajstić information content (AvgIpc) is 1.97. The van der Waals surface area contributed by atoms with Gasteiger partial charge in [-0.05, 0) is 27.7 Å². The SMILES string of the molecule is COC(=O)OCC(C)OC(C)(C)C. The number of carbonyl (C=O) groups excluding carboxylic acids is 1. The van der Waals surface area contributed by atoms with Crippen molar-refractivity contribution in [2.75, 3.05) is 13.7 Å². The van der Waals surface area contributed by atoms with E-state index in [1.54, 1.807) is 0 Å². The largest absolute Gasteiger partial charge is 0.508 e. The summed E-state index contributed by atoms with van der Waals surface area (Å²) in [5.74, 6) is 0. The summed E-state index contributed by atoms with van der Waals surface area (Å²) in [7, 11) is 1.28. The highest BCUT2D eigenvalue weighted by molar-refractivity contribution is 5.59. The zero-order valence-electron chi connectivity index (χ0n) is 8.92. The maximum atomic E-state index is 10.6. The van der Waals surface area contributed by atoms with Gasteiger partial charge >= 0.3 is 6.16 Å². The number of rotatable bonds is 3. The lowest BCUT2D eigenvalue weighted by atomic mass is 10.2. The zero-order valence-corrected chi connectivity index (χ0v) is 8.92. The zero-order chi connectivity index (χ0) is 10.5. The minimum Gasteiger partial charge on any atom is -0.438 e. The Labute approximate surface area is 79.2 Å². The fourth-order valence-electron chi connectivity index (χ4n) is 0.882. The molecule has 0 fully saturated rings. The van der Waals surface area contributed by atoms with Crippen LogP contribution in [0.4, 0.5) is 4.79 Å². The Morgan fingerprint density at radius 1 is 1.38 bits per heavy atom. The summed E-state index contributed by atoms with van der Waals surface area (Å²) in [6.07, 6.45) is -0.802. The smallest absolute Gasteiger partial charge is 0.438 e. The summed E-state index contributed by atoms with van der Waals surface area (Å²) in [6.45, 7) is 7.89. The van der Waals surface area contributed by atoms with E-state index in [9.17, 15) is 4.79 Å². The van der Waals surface area contributed by atoms with E-state index in [0.717, 1.165) is 0 Å². The van der Waals surface area contributed by atoms with E-state index < -0.39 is 6.16 Å². The van der Waals surface area contributed by atoms with Crippen molar-refractivity contribution in [2.45, 2.75) is 39.4 Å². The molecular weight excluding hydrogens is 172 g/mol. The third-order valence-corrected chi connectivity index (χ3v) is 1.16. The van der Waals surface area contributed by atoms with Crippen molar-refractivity contribution < 1.29 is 19.0 Å². The van der Waals surface area contributed by atoms with Crippen molar-refractivity contribution in [1.29, 1.82) is 0 Å². The van der Waals surface area contributed by atoms with E-state index in [2.05, 4.69) is 4.74 Å². The van der Waals surface area contributed by atoms with Gasteiger partial charge in [0.1, 0.15) is 6.61 Å². The third kappa shape index (κ3) is 7.59. The van der Waals surface area contributed by atoms with Crippen molar-refractivity contribution in [3.63, 3.8) is 0 Å². The Kier molecular flexibility index (Phi) is 4.77. The van der Waals surface area contributed by atoms with Gasteiger partial charge in [0.05, 0.1) is 18.8 Å². The van der Waals surface area contributed by atoms with Crippen LogP contribution in [0.2, 0.25) is 0 Å². The molecule has 0 aromatic heterocycles. The molecule has 78 valence electrons. The molecule has 0 N–H and O–H groups in total. The third-order valence-electron chi connectivity index (χ3n) is 1.16. The first-order valence-electron chi connectivity index (χ1n) is 4.23. The molecule has 0 aromatic carbocycles. The molecule has 1 atom stereocenters. The lowest BCUT2D eigenvalue weighted by Crippen LogP contribution is -2.29. The number of methoxy groups -OCH3 is 1. The molecule has 0 saturated carbocycles. The Bertz CT molecular complexity index is 159. The lowest BCUT2D eigenvalue weighted by Gasteiger charge is -2.24. The van der Waals surface area contributed by atoms with E-state index in [1.807, 2.05) is 27.7 Å². The molecular formula is C9H18O4. The van der Waals surface area contributed by atoms with Crippen LogP contribution in [0, 0.1) is 0 Å². The van der Waals surface area contributed by atoms with Gasteiger partial charge in [-0.3, -0.25) is 0 Å². The molecule has 0 spiro atoms. The van der Waals surface area contributed by atoms with Gasteiger partial charge < -0.3 is 14.2 Å². The van der Waals surface area contributed by atoms with Gasteiger partial charge in [0.15, 0.2) is 0 Å². The minimum atomic E-state index is -0.677. The van der Waals surface area contributed by atoms with Crippen LogP contribution >= 0.6 is 0 Å². The number of carbonyl (C=O) groups is 1. The van der Waals surface area contributed by atoms with Crippen LogP contribution in [-0.2, 0) is 14.2 Å². The average molecular weight is 190 g/mol. The first-order valence-corrected chi connectivity index (χ1v) is 4.23. The van der Waals surface area contributed by atoms with Crippen LogP contribution in [0.15, 0.2) is 0 Å². The molecule has 0 rings (SSSR count). The maximum absolute atomic E-state index is 10.6. The number of hydrogen-bond donors (Lipinski definition) is 0. The Morgan fingerprint density at radius 3 is 2.31 bits per heavy atom. The van der Waals surface area contributed by atoms with Gasteiger partial charge in [-0.15, -0.1) is 0 Å². The second-order valence-corrected chi connectivity index (χ2v) is 3.81. The van der Waals surface area contributed by atoms with E-state index in [0.29, 0.717) is 0 Å². The molecule has 4 heteroatoms. The molecule has 0 aromatic rings. The standard InChI is InChI=1S/C9H18O4/c1-7(13-9(2,3)4)6-12-8(10)11-5/h7H,6H2,1-5H3. The van der Waals surface area contributed by atoms with Crippen molar-refractivity contribution >= 4 is 6.16 Å². The number of hydrogen-bond acceptors (Lipinski definition) is 4. The molecule has 1 unspecified atom stereocenters. The molecule has 0 radical (unpaired) electrons. The molecule has 0 heterocycles. The van der Waals surface area contributed by atoms with Gasteiger partial charge in [-0.25, -0.2) is 4.79 Å². The van der Waals surface area contributed by atoms with E-state index >= 15 is 0 Å². The van der Waals surface area contributed by atoms with E-state index in [-0.39, 0.29) is 18.3 Å². The quantitative estimate of drug-likeness (QED) is 0.638. The molecule has 4 nitrogen and oxygen atoms in total. The van der Waals surface area contributed by atoms with E-state index in [4.69, 9.17) is 9.47 Å². The van der Waals surface area contributed by atoms with Gasteiger partial charge in [-0.1, -0.05) is 0 Å². The summed E-state index contributed by atoms with van der Waals surface area (Å²) >= 11 is 0. The van der Waals surface area contributed by atoms with Gasteiger partial charge in [-0.2, -0.15) is 0 Å². The topological polar surface area (TPSA) is 44.8 Å². The molecule has 0 saturated heterocycles. The molecule has 0 aliphatic carbocycles. The van der Waals surface area contributed by atoms with Crippen molar-refractivity contribution in [2.24, 2.45) is 0 Å². The Morgan fingerprint density at radius 2 is 1.92 bits per heavy atom. The van der Waals surface area contributed by atoms with Crippen LogP contribution in [0.25, 0.3) is 0 Å². The summed E-state index contributed by atoms with van der Waals surface area (Å²) in [5.41, 5.74) is -0.223. The molecule has 0 aliphatic rings. The normalized spacial score (nSPS) is 13.6. The van der Waals surface area contributed by atoms with Crippen LogP contribution in [0.1, 0.15) is 27.7 Å². The highest BCUT2D eigenvalue weighted by Gasteiger charge is 2.16. The summed E-state index contributed by atoms with van der Waals surface area (Å²) in [5, 5.41) is 0. The van der Waals surface area contributed by atoms with Gasteiger partial charge in [0, 0.05) is 0 Å². The van der Waals surface area contributed by atoms with Crippen LogP contribution < -0.4 is 0 Å². The van der Waals surface area contributed by atoms with Crippen molar-refractivity contribution in [3.8, 4) is 0 Å². The molecule has 0 amide bonds. The molecule has 0 aliphatic heterocycles. The van der Waals surface area contributed by atoms with Crippen LogP contribution in [-0.4, -0.2) is 31.6 Å². The predicted molar refractivity (Wildman–Crippen MR) is 48.7 cm³/mol. The van der Waals surface area contributed by atoms with Crippen LogP contribution in [0.5, 0.6) is 0 Å². The minimum absolute atomic E-state index is 0.126. The van der Waals surface area contributed by atoms with Gasteiger partial charge in [0.2, 0.25) is 0 Å². The summed E-state index contributed by atoms with van der Waals surface area (Å²) < 4.78 is 14.5. The lowest BCUT2D eigenvalue weighted by molar-refractivity contribution is -0.0781. The first-order chi connectivity index (χ1) is 5.85. The fourth-order valence-corrected chi connectivity index (χ4v) is 0.882. The summed E-state index contributed by atoms with van der Waals surface area (Å²) in [6, 6.07) is 0. The highest BCUT2D eigenvalue weighted by atomic mass is 16.7. The first kappa shape index (κ1) is 12.2. The second-order valence-electron chi connectivity index (χ2n) is 3.81. The Hall–Kier alpha value is -0.770. The van der Waals surface area contributed by atoms with Crippen LogP contribution in [0.3, 0.4) is 0 Å². The van der Waals surface area contributed by atoms with Gasteiger partial charge in [0.25, 0.3) is 0 Å². The summed E-state index contributed by atoms with van der Waals surface area (Å²) in [4.78, 5) is 10.6. The predicted octanol–water partition coefficient (Wildman–Crippen LogP) is 1.97. The van der Waals surface area contributed by atoms with Crippen molar-refractivity contribution in [1.82, 2.24) is 0 Å². The molecule has 13 heavy (non-hydrogen) atoms. The second kappa shape index (κ2) is 5.07. The maximum Gasteiger partial charge on any atom is 0.508 e. The highest BCUT2D eigenvalue weighted by Crippen LogP contribution is 2.10. The fraction of sp³-hybridized carbons (Fsp3) is 0.889.